The third-order valence-corrected chi connectivity index (χ3v) is 5.84. The van der Waals surface area contributed by atoms with E-state index < -0.39 is 0 Å². The first-order chi connectivity index (χ1) is 15.9. The number of methoxy groups -OCH3 is 3. The number of aromatic nitrogens is 1. The number of carbonyl (C=O) groups excluding carboxylic acids is 1. The Morgan fingerprint density at radius 3 is 2.18 bits per heavy atom. The maximum Gasteiger partial charge on any atom is 0.256 e. The third kappa shape index (κ3) is 4.53. The van der Waals surface area contributed by atoms with Gasteiger partial charge in [0.25, 0.3) is 5.91 Å². The summed E-state index contributed by atoms with van der Waals surface area (Å²) >= 11 is 12.1. The van der Waals surface area contributed by atoms with Gasteiger partial charge < -0.3 is 19.5 Å². The lowest BCUT2D eigenvalue weighted by atomic mass is 10.0. The van der Waals surface area contributed by atoms with Gasteiger partial charge in [0.1, 0.15) is 0 Å². The maximum absolute atomic E-state index is 13.3. The minimum Gasteiger partial charge on any atom is -0.493 e. The van der Waals surface area contributed by atoms with E-state index in [-0.39, 0.29) is 5.91 Å². The van der Waals surface area contributed by atoms with E-state index in [1.165, 1.54) is 0 Å². The number of halogens is 2. The number of ether oxygens (including phenoxy) is 3. The molecule has 0 atom stereocenters. The van der Waals surface area contributed by atoms with Crippen LogP contribution < -0.4 is 19.5 Å². The number of hydrogen-bond donors (Lipinski definition) is 1. The summed E-state index contributed by atoms with van der Waals surface area (Å²) in [5.74, 6) is 1.15. The SMILES string of the molecule is COc1cc(-c2cc(C(=O)Nc3ccc(Cl)c(Cl)c3)c3ccccc3n2)cc(OC)c1OC. The van der Waals surface area contributed by atoms with E-state index in [4.69, 9.17) is 42.4 Å². The van der Waals surface area contributed by atoms with Gasteiger partial charge in [0.15, 0.2) is 11.5 Å². The Labute approximate surface area is 201 Å². The first-order valence-corrected chi connectivity index (χ1v) is 10.7. The number of anilines is 1. The van der Waals surface area contributed by atoms with Crippen LogP contribution in [-0.4, -0.2) is 32.2 Å². The summed E-state index contributed by atoms with van der Waals surface area (Å²) in [5, 5.41) is 4.36. The molecule has 1 amide bonds. The van der Waals surface area contributed by atoms with Gasteiger partial charge in [-0.05, 0) is 42.5 Å². The van der Waals surface area contributed by atoms with Crippen LogP contribution in [0.4, 0.5) is 5.69 Å². The fraction of sp³-hybridized carbons (Fsp3) is 0.120. The number of amides is 1. The van der Waals surface area contributed by atoms with Crippen molar-refractivity contribution < 1.29 is 19.0 Å². The molecule has 4 rings (SSSR count). The normalized spacial score (nSPS) is 10.7. The maximum atomic E-state index is 13.3. The van der Waals surface area contributed by atoms with Crippen molar-refractivity contribution in [3.8, 4) is 28.5 Å². The van der Waals surface area contributed by atoms with Gasteiger partial charge in [-0.1, -0.05) is 41.4 Å². The molecule has 3 aromatic carbocycles. The Morgan fingerprint density at radius 1 is 0.848 bits per heavy atom. The molecular weight excluding hydrogens is 463 g/mol. The van der Waals surface area contributed by atoms with Crippen molar-refractivity contribution in [1.29, 1.82) is 0 Å². The van der Waals surface area contributed by atoms with E-state index in [0.717, 1.165) is 0 Å². The van der Waals surface area contributed by atoms with Gasteiger partial charge in [0.05, 0.1) is 48.1 Å². The van der Waals surface area contributed by atoms with Crippen LogP contribution in [0.2, 0.25) is 10.0 Å². The highest BCUT2D eigenvalue weighted by Crippen LogP contribution is 2.41. The van der Waals surface area contributed by atoms with Gasteiger partial charge in [0, 0.05) is 16.6 Å². The molecule has 0 saturated carbocycles. The summed E-state index contributed by atoms with van der Waals surface area (Å²) in [5.41, 5.74) is 2.94. The van der Waals surface area contributed by atoms with Gasteiger partial charge in [-0.15, -0.1) is 0 Å². The Balaban J connectivity index is 1.84. The fourth-order valence-corrected chi connectivity index (χ4v) is 3.81. The highest BCUT2D eigenvalue weighted by atomic mass is 35.5. The van der Waals surface area contributed by atoms with Crippen molar-refractivity contribution in [1.82, 2.24) is 4.98 Å². The third-order valence-electron chi connectivity index (χ3n) is 5.10. The van der Waals surface area contributed by atoms with Crippen LogP contribution in [0.15, 0.2) is 60.7 Å². The molecule has 8 heteroatoms. The number of hydrogen-bond acceptors (Lipinski definition) is 5. The minimum absolute atomic E-state index is 0.305. The topological polar surface area (TPSA) is 69.7 Å². The monoisotopic (exact) mass is 482 g/mol. The van der Waals surface area contributed by atoms with Crippen molar-refractivity contribution in [2.75, 3.05) is 26.6 Å². The Kier molecular flexibility index (Phi) is 6.58. The lowest BCUT2D eigenvalue weighted by Crippen LogP contribution is -2.13. The molecule has 0 aliphatic heterocycles. The zero-order chi connectivity index (χ0) is 23.5. The van der Waals surface area contributed by atoms with Crippen LogP contribution >= 0.6 is 23.2 Å². The molecule has 0 fully saturated rings. The average Bonchev–Trinajstić information content (AvgIpc) is 2.84. The standard InChI is InChI=1S/C25H20Cl2N2O4/c1-31-22-10-14(11-23(32-2)24(22)33-3)21-13-17(16-6-4-5-7-20(16)29-21)25(30)28-15-8-9-18(26)19(27)12-15/h4-13H,1-3H3,(H,28,30). The molecule has 168 valence electrons. The van der Waals surface area contributed by atoms with Crippen LogP contribution in [0.3, 0.4) is 0 Å². The van der Waals surface area contributed by atoms with Crippen molar-refractivity contribution in [2.24, 2.45) is 0 Å². The summed E-state index contributed by atoms with van der Waals surface area (Å²) < 4.78 is 16.4. The molecule has 0 aliphatic carbocycles. The van der Waals surface area contributed by atoms with E-state index in [9.17, 15) is 4.79 Å². The van der Waals surface area contributed by atoms with Crippen LogP contribution in [0, 0.1) is 0 Å². The summed E-state index contributed by atoms with van der Waals surface area (Å²) in [4.78, 5) is 18.0. The molecule has 0 bridgehead atoms. The number of nitrogens with one attached hydrogen (secondary N) is 1. The number of benzene rings is 3. The largest absolute Gasteiger partial charge is 0.493 e. The van der Waals surface area contributed by atoms with Gasteiger partial charge >= 0.3 is 0 Å². The predicted octanol–water partition coefficient (Wildman–Crippen LogP) is 6.49. The minimum atomic E-state index is -0.305. The van der Waals surface area contributed by atoms with Gasteiger partial charge in [-0.25, -0.2) is 4.98 Å². The zero-order valence-corrected chi connectivity index (χ0v) is 19.6. The van der Waals surface area contributed by atoms with E-state index >= 15 is 0 Å². The lowest BCUT2D eigenvalue weighted by Gasteiger charge is -2.15. The number of fused-ring (bicyclic) bond motifs is 1. The smallest absolute Gasteiger partial charge is 0.256 e. The van der Waals surface area contributed by atoms with Gasteiger partial charge in [-0.3, -0.25) is 4.79 Å². The number of nitrogens with zero attached hydrogens (tertiary/aromatic N) is 1. The van der Waals surface area contributed by atoms with E-state index in [1.54, 1.807) is 57.7 Å². The molecular formula is C25H20Cl2N2O4. The van der Waals surface area contributed by atoms with Crippen molar-refractivity contribution in [3.05, 3.63) is 76.3 Å². The van der Waals surface area contributed by atoms with E-state index in [0.29, 0.717) is 60.7 Å². The first kappa shape index (κ1) is 22.7. The second-order valence-electron chi connectivity index (χ2n) is 7.07. The van der Waals surface area contributed by atoms with Crippen LogP contribution in [-0.2, 0) is 0 Å². The quantitative estimate of drug-likeness (QED) is 0.340. The summed E-state index contributed by atoms with van der Waals surface area (Å²) in [6.45, 7) is 0. The Morgan fingerprint density at radius 2 is 1.55 bits per heavy atom. The Bertz CT molecular complexity index is 1330. The predicted molar refractivity (Wildman–Crippen MR) is 131 cm³/mol. The molecule has 33 heavy (non-hydrogen) atoms. The summed E-state index contributed by atoms with van der Waals surface area (Å²) in [6, 6.07) is 17.7. The molecule has 1 aromatic heterocycles. The van der Waals surface area contributed by atoms with Crippen molar-refractivity contribution in [2.45, 2.75) is 0 Å². The van der Waals surface area contributed by atoms with Gasteiger partial charge in [0.2, 0.25) is 5.75 Å². The molecule has 0 aliphatic rings. The zero-order valence-electron chi connectivity index (χ0n) is 18.1. The second-order valence-corrected chi connectivity index (χ2v) is 7.88. The van der Waals surface area contributed by atoms with Crippen molar-refractivity contribution in [3.63, 3.8) is 0 Å². The molecule has 1 N–H and O–H groups in total. The lowest BCUT2D eigenvalue weighted by molar-refractivity contribution is 0.102. The van der Waals surface area contributed by atoms with Crippen LogP contribution in [0.25, 0.3) is 22.2 Å². The molecule has 0 radical (unpaired) electrons. The van der Waals surface area contributed by atoms with Crippen LogP contribution in [0.1, 0.15) is 10.4 Å². The van der Waals surface area contributed by atoms with Gasteiger partial charge in [-0.2, -0.15) is 0 Å². The van der Waals surface area contributed by atoms with Crippen molar-refractivity contribution >= 4 is 45.7 Å². The first-order valence-electron chi connectivity index (χ1n) is 9.91. The highest BCUT2D eigenvalue weighted by Gasteiger charge is 2.18. The molecule has 0 spiro atoms. The van der Waals surface area contributed by atoms with Crippen LogP contribution in [0.5, 0.6) is 17.2 Å². The fourth-order valence-electron chi connectivity index (χ4n) is 3.51. The highest BCUT2D eigenvalue weighted by molar-refractivity contribution is 6.42. The number of rotatable bonds is 6. The number of carbonyl (C=O) groups is 1. The average molecular weight is 483 g/mol. The van der Waals surface area contributed by atoms with E-state index in [1.807, 2.05) is 24.3 Å². The Hall–Kier alpha value is -3.48. The molecule has 4 aromatic rings. The number of pyridine rings is 1. The number of para-hydroxylation sites is 1. The second kappa shape index (κ2) is 9.57. The molecule has 0 saturated heterocycles. The molecule has 1 heterocycles. The molecule has 0 unspecified atom stereocenters. The summed E-state index contributed by atoms with van der Waals surface area (Å²) in [7, 11) is 4.63. The summed E-state index contributed by atoms with van der Waals surface area (Å²) in [6.07, 6.45) is 0. The van der Waals surface area contributed by atoms with E-state index in [2.05, 4.69) is 5.32 Å². The molecule has 6 nitrogen and oxygen atoms in total.